The van der Waals surface area contributed by atoms with Gasteiger partial charge in [-0.15, -0.1) is 0 Å². The van der Waals surface area contributed by atoms with E-state index in [4.69, 9.17) is 0 Å². The predicted octanol–water partition coefficient (Wildman–Crippen LogP) is 7.68. The number of aryl methyl sites for hydroxylation is 6. The quantitative estimate of drug-likeness (QED) is 0.474. The van der Waals surface area contributed by atoms with Gasteiger partial charge in [0.15, 0.2) is 0 Å². The third-order valence-corrected chi connectivity index (χ3v) is 7.71. The zero-order valence-corrected chi connectivity index (χ0v) is 18.7. The molecule has 0 aliphatic rings. The summed E-state index contributed by atoms with van der Waals surface area (Å²) in [4.78, 5) is 3.14. The fourth-order valence-corrected chi connectivity index (χ4v) is 5.85. The molecule has 0 fully saturated rings. The van der Waals surface area contributed by atoms with E-state index in [9.17, 15) is 9.50 Å². The molecule has 28 heavy (non-hydrogen) atoms. The first-order valence-corrected chi connectivity index (χ1v) is 10.8. The van der Waals surface area contributed by atoms with E-state index in [1.165, 1.54) is 46.8 Å². The van der Waals surface area contributed by atoms with E-state index >= 15 is 0 Å². The molecular formula is C24H25FOS2. The number of phenols is 1. The summed E-state index contributed by atoms with van der Waals surface area (Å²) in [6.45, 7) is 12.3. The third-order valence-electron chi connectivity index (χ3n) is 4.66. The highest BCUT2D eigenvalue weighted by molar-refractivity contribution is 8.02. The zero-order valence-electron chi connectivity index (χ0n) is 17.1. The van der Waals surface area contributed by atoms with Crippen LogP contribution in [0, 0.1) is 47.4 Å². The topological polar surface area (TPSA) is 20.2 Å². The molecule has 0 bridgehead atoms. The van der Waals surface area contributed by atoms with Gasteiger partial charge >= 0.3 is 0 Å². The molecule has 4 heteroatoms. The van der Waals surface area contributed by atoms with Crippen molar-refractivity contribution in [3.05, 3.63) is 75.6 Å². The number of phenolic OH excluding ortho intramolecular Hbond substituents is 1. The average Bonchev–Trinajstić information content (AvgIpc) is 2.58. The molecule has 0 aliphatic heterocycles. The molecule has 0 radical (unpaired) electrons. The van der Waals surface area contributed by atoms with Crippen LogP contribution in [-0.2, 0) is 0 Å². The molecule has 3 aromatic rings. The van der Waals surface area contributed by atoms with Gasteiger partial charge < -0.3 is 5.11 Å². The molecule has 0 spiro atoms. The minimum absolute atomic E-state index is 0.107. The van der Waals surface area contributed by atoms with Crippen molar-refractivity contribution in [2.75, 3.05) is 0 Å². The highest BCUT2D eigenvalue weighted by atomic mass is 32.2. The molecule has 0 aromatic heterocycles. The van der Waals surface area contributed by atoms with Crippen LogP contribution >= 0.6 is 23.5 Å². The summed E-state index contributed by atoms with van der Waals surface area (Å²) in [5.41, 5.74) is 6.88. The van der Waals surface area contributed by atoms with Gasteiger partial charge in [-0.3, -0.25) is 0 Å². The van der Waals surface area contributed by atoms with Gasteiger partial charge in [-0.1, -0.05) is 58.9 Å². The van der Waals surface area contributed by atoms with Crippen LogP contribution in [0.25, 0.3) is 0 Å². The molecule has 0 aliphatic carbocycles. The first kappa shape index (κ1) is 20.8. The normalized spacial score (nSPS) is 11.1. The smallest absolute Gasteiger partial charge is 0.138 e. The van der Waals surface area contributed by atoms with E-state index in [-0.39, 0.29) is 11.6 Å². The summed E-state index contributed by atoms with van der Waals surface area (Å²) < 4.78 is 14.9. The molecular weight excluding hydrogens is 387 g/mol. The number of aromatic hydroxyl groups is 1. The lowest BCUT2D eigenvalue weighted by molar-refractivity contribution is 0.453. The maximum Gasteiger partial charge on any atom is 0.138 e. The lowest BCUT2D eigenvalue weighted by atomic mass is 10.1. The summed E-state index contributed by atoms with van der Waals surface area (Å²) in [5, 5.41) is 10.6. The number of hydrogen-bond donors (Lipinski definition) is 1. The van der Waals surface area contributed by atoms with Crippen LogP contribution < -0.4 is 0 Å². The molecule has 146 valence electrons. The molecule has 3 aromatic carbocycles. The van der Waals surface area contributed by atoms with Crippen molar-refractivity contribution in [2.24, 2.45) is 0 Å². The average molecular weight is 413 g/mol. The number of halogens is 1. The third kappa shape index (κ3) is 4.23. The van der Waals surface area contributed by atoms with Gasteiger partial charge in [0.2, 0.25) is 0 Å². The molecule has 0 amide bonds. The Morgan fingerprint density at radius 3 is 1.43 bits per heavy atom. The van der Waals surface area contributed by atoms with Crippen LogP contribution in [-0.4, -0.2) is 5.11 Å². The van der Waals surface area contributed by atoms with E-state index < -0.39 is 0 Å². The fraction of sp³-hybridized carbons (Fsp3) is 0.250. The summed E-state index contributed by atoms with van der Waals surface area (Å²) >= 11 is 2.84. The maximum absolute atomic E-state index is 14.9. The minimum Gasteiger partial charge on any atom is -0.507 e. The highest BCUT2D eigenvalue weighted by Gasteiger charge is 2.19. The van der Waals surface area contributed by atoms with Crippen molar-refractivity contribution in [3.63, 3.8) is 0 Å². The summed E-state index contributed by atoms with van der Waals surface area (Å²) in [6.07, 6.45) is 0. The van der Waals surface area contributed by atoms with E-state index in [1.807, 2.05) is 13.8 Å². The molecule has 0 saturated heterocycles. The van der Waals surface area contributed by atoms with Crippen molar-refractivity contribution >= 4 is 23.5 Å². The van der Waals surface area contributed by atoms with Crippen molar-refractivity contribution in [1.82, 2.24) is 0 Å². The van der Waals surface area contributed by atoms with Crippen LogP contribution in [0.3, 0.4) is 0 Å². The number of benzene rings is 3. The molecule has 3 rings (SSSR count). The van der Waals surface area contributed by atoms with Gasteiger partial charge in [0.25, 0.3) is 0 Å². The lowest BCUT2D eigenvalue weighted by Crippen LogP contribution is -1.93. The minimum atomic E-state index is -0.313. The van der Waals surface area contributed by atoms with Crippen molar-refractivity contribution in [2.45, 2.75) is 61.1 Å². The maximum atomic E-state index is 14.9. The Kier molecular flexibility index (Phi) is 6.11. The van der Waals surface area contributed by atoms with Gasteiger partial charge in [0, 0.05) is 9.79 Å². The second-order valence-corrected chi connectivity index (χ2v) is 9.43. The van der Waals surface area contributed by atoms with Crippen LogP contribution in [0.4, 0.5) is 4.39 Å². The fourth-order valence-electron chi connectivity index (χ4n) is 3.58. The summed E-state index contributed by atoms with van der Waals surface area (Å²) in [5.74, 6) is -0.206. The van der Waals surface area contributed by atoms with E-state index in [0.29, 0.717) is 9.79 Å². The SMILES string of the molecule is Cc1cc(C)c(Sc2c(O)ccc(F)c2Sc2c(C)cc(C)cc2C)c(C)c1. The molecule has 0 atom stereocenters. The lowest BCUT2D eigenvalue weighted by Gasteiger charge is -2.17. The second kappa shape index (κ2) is 8.22. The first-order chi connectivity index (χ1) is 13.2. The monoisotopic (exact) mass is 412 g/mol. The van der Waals surface area contributed by atoms with Gasteiger partial charge in [-0.25, -0.2) is 4.39 Å². The largest absolute Gasteiger partial charge is 0.507 e. The summed E-state index contributed by atoms with van der Waals surface area (Å²) in [7, 11) is 0. The molecule has 1 nitrogen and oxygen atoms in total. The Hall–Kier alpha value is -1.91. The van der Waals surface area contributed by atoms with E-state index in [1.54, 1.807) is 0 Å². The second-order valence-electron chi connectivity index (χ2n) is 7.38. The zero-order chi connectivity index (χ0) is 20.6. The Morgan fingerprint density at radius 2 is 1.00 bits per heavy atom. The molecule has 0 heterocycles. The van der Waals surface area contributed by atoms with Gasteiger partial charge in [-0.05, 0) is 75.9 Å². The van der Waals surface area contributed by atoms with Crippen LogP contribution in [0.5, 0.6) is 5.75 Å². The standard InChI is InChI=1S/C24H25FOS2/c1-13-9-15(3)21(16(4)10-13)27-23-19(25)7-8-20(26)24(23)28-22-17(5)11-14(2)12-18(22)6/h7-12,26H,1-6H3. The first-order valence-electron chi connectivity index (χ1n) is 9.20. The molecule has 0 saturated carbocycles. The number of rotatable bonds is 4. The Labute approximate surface area is 175 Å². The van der Waals surface area contributed by atoms with Gasteiger partial charge in [0.1, 0.15) is 11.6 Å². The Bertz CT molecular complexity index is 926. The molecule has 0 unspecified atom stereocenters. The highest BCUT2D eigenvalue weighted by Crippen LogP contribution is 2.47. The Balaban J connectivity index is 2.11. The van der Waals surface area contributed by atoms with Gasteiger partial charge in [-0.2, -0.15) is 0 Å². The molecule has 1 N–H and O–H groups in total. The van der Waals surface area contributed by atoms with Crippen molar-refractivity contribution in [1.29, 1.82) is 0 Å². The van der Waals surface area contributed by atoms with Crippen LogP contribution in [0.15, 0.2) is 56.0 Å². The van der Waals surface area contributed by atoms with Crippen molar-refractivity contribution in [3.8, 4) is 5.75 Å². The predicted molar refractivity (Wildman–Crippen MR) is 118 cm³/mol. The number of hydrogen-bond acceptors (Lipinski definition) is 3. The van der Waals surface area contributed by atoms with Crippen molar-refractivity contribution < 1.29 is 9.50 Å². The van der Waals surface area contributed by atoms with Crippen LogP contribution in [0.1, 0.15) is 33.4 Å². The summed E-state index contributed by atoms with van der Waals surface area (Å²) in [6, 6.07) is 11.2. The van der Waals surface area contributed by atoms with Crippen LogP contribution in [0.2, 0.25) is 0 Å². The van der Waals surface area contributed by atoms with Gasteiger partial charge in [0.05, 0.1) is 9.79 Å². The van der Waals surface area contributed by atoms with E-state index in [2.05, 4.69) is 52.0 Å². The van der Waals surface area contributed by atoms with E-state index in [0.717, 1.165) is 32.0 Å². The Morgan fingerprint density at radius 1 is 0.607 bits per heavy atom.